The van der Waals surface area contributed by atoms with Gasteiger partial charge in [0, 0.05) is 24.3 Å². The molecule has 4 aromatic rings. The minimum absolute atomic E-state index is 0.0361. The number of rotatable bonds is 2. The minimum Gasteiger partial charge on any atom is -0.444 e. The quantitative estimate of drug-likeness (QED) is 0.391. The van der Waals surface area contributed by atoms with Gasteiger partial charge in [-0.1, -0.05) is 0 Å². The van der Waals surface area contributed by atoms with Gasteiger partial charge in [0.25, 0.3) is 5.56 Å². The van der Waals surface area contributed by atoms with Crippen molar-refractivity contribution in [1.29, 1.82) is 0 Å². The fourth-order valence-electron chi connectivity index (χ4n) is 5.56. The van der Waals surface area contributed by atoms with Crippen LogP contribution in [0.5, 0.6) is 0 Å². The first kappa shape index (κ1) is 23.6. The molecule has 2 aliphatic rings. The summed E-state index contributed by atoms with van der Waals surface area (Å²) >= 11 is 0. The number of likely N-dealkylation sites (tertiary alicyclic amines) is 1. The number of ether oxygens (including phenoxy) is 1. The summed E-state index contributed by atoms with van der Waals surface area (Å²) < 4.78 is 9.27. The maximum Gasteiger partial charge on any atom is 0.410 e. The summed E-state index contributed by atoms with van der Waals surface area (Å²) in [7, 11) is 0. The average molecular weight is 501 g/mol. The molecule has 37 heavy (non-hydrogen) atoms. The highest BCUT2D eigenvalue weighted by atomic mass is 16.6. The van der Waals surface area contributed by atoms with E-state index in [2.05, 4.69) is 10.1 Å². The van der Waals surface area contributed by atoms with Crippen molar-refractivity contribution in [3.8, 4) is 11.4 Å². The Morgan fingerprint density at radius 3 is 2.62 bits per heavy atom. The average Bonchev–Trinajstić information content (AvgIpc) is 3.47. The van der Waals surface area contributed by atoms with E-state index in [-0.39, 0.29) is 23.2 Å². The molecule has 1 aliphatic carbocycles. The molecule has 192 valence electrons. The van der Waals surface area contributed by atoms with Gasteiger partial charge in [0.2, 0.25) is 0 Å². The van der Waals surface area contributed by atoms with Crippen molar-refractivity contribution in [3.05, 3.63) is 58.3 Å². The van der Waals surface area contributed by atoms with Crippen LogP contribution in [0.25, 0.3) is 27.9 Å². The van der Waals surface area contributed by atoms with Crippen LogP contribution < -0.4 is 5.56 Å². The topological polar surface area (TPSA) is 94.6 Å². The Bertz CT molecular complexity index is 1610. The number of hydrogen-bond acceptors (Lipinski definition) is 6. The highest BCUT2D eigenvalue weighted by Gasteiger charge is 2.54. The van der Waals surface area contributed by atoms with Crippen molar-refractivity contribution >= 4 is 22.6 Å². The number of pyridine rings is 2. The summed E-state index contributed by atoms with van der Waals surface area (Å²) in [6.45, 7) is 10.2. The Hall–Kier alpha value is -3.75. The molecule has 0 N–H and O–H groups in total. The standard InChI is InChI=1S/C28H32N6O3/c1-17-14-23(31-34-16-18(2)29-24(17)34)22-7-6-20-21(30-22)9-12-32(25(20)35)19-8-13-33(28(15-19)10-11-28)26(36)37-27(3,4)5/h6-7,9,12,14,16,19H,8,10-11,13,15H2,1-5H3/t19-/m1/s1. The van der Waals surface area contributed by atoms with Crippen LogP contribution in [0.3, 0.4) is 0 Å². The van der Waals surface area contributed by atoms with Crippen molar-refractivity contribution in [2.75, 3.05) is 6.54 Å². The summed E-state index contributed by atoms with van der Waals surface area (Å²) in [6.07, 6.45) is 6.87. The van der Waals surface area contributed by atoms with Gasteiger partial charge in [0.15, 0.2) is 5.65 Å². The Balaban J connectivity index is 1.28. The lowest BCUT2D eigenvalue weighted by Crippen LogP contribution is -2.50. The monoisotopic (exact) mass is 500 g/mol. The molecule has 0 unspecified atom stereocenters. The lowest BCUT2D eigenvalue weighted by Gasteiger charge is -2.41. The van der Waals surface area contributed by atoms with Crippen LogP contribution in [-0.4, -0.2) is 52.8 Å². The predicted octanol–water partition coefficient (Wildman–Crippen LogP) is 4.83. The van der Waals surface area contributed by atoms with E-state index in [9.17, 15) is 9.59 Å². The van der Waals surface area contributed by atoms with Crippen molar-refractivity contribution in [1.82, 2.24) is 29.0 Å². The van der Waals surface area contributed by atoms with Crippen LogP contribution >= 0.6 is 0 Å². The first-order valence-corrected chi connectivity index (χ1v) is 12.9. The summed E-state index contributed by atoms with van der Waals surface area (Å²) in [5.41, 5.74) is 4.07. The molecular formula is C28H32N6O3. The molecule has 5 heterocycles. The van der Waals surface area contributed by atoms with Crippen molar-refractivity contribution in [2.45, 2.75) is 77.5 Å². The van der Waals surface area contributed by atoms with Crippen LogP contribution in [0.2, 0.25) is 0 Å². The van der Waals surface area contributed by atoms with E-state index in [1.807, 2.05) is 80.7 Å². The van der Waals surface area contributed by atoms with Crippen LogP contribution in [0.15, 0.2) is 41.5 Å². The number of hydrogen-bond donors (Lipinski definition) is 0. The first-order valence-electron chi connectivity index (χ1n) is 12.9. The number of amides is 1. The van der Waals surface area contributed by atoms with Gasteiger partial charge in [-0.3, -0.25) is 4.79 Å². The third kappa shape index (κ3) is 4.16. The van der Waals surface area contributed by atoms with Crippen molar-refractivity contribution in [2.24, 2.45) is 0 Å². The van der Waals surface area contributed by atoms with Gasteiger partial charge in [0.1, 0.15) is 11.3 Å². The lowest BCUT2D eigenvalue weighted by molar-refractivity contribution is 0.000498. The van der Waals surface area contributed by atoms with E-state index in [0.717, 1.165) is 41.9 Å². The summed E-state index contributed by atoms with van der Waals surface area (Å²) in [4.78, 5) is 37.5. The zero-order valence-corrected chi connectivity index (χ0v) is 22.0. The lowest BCUT2D eigenvalue weighted by atomic mass is 9.94. The highest BCUT2D eigenvalue weighted by molar-refractivity contribution is 5.80. The molecule has 0 bridgehead atoms. The number of piperidine rings is 1. The van der Waals surface area contributed by atoms with Gasteiger partial charge in [-0.05, 0) is 90.1 Å². The van der Waals surface area contributed by atoms with E-state index in [1.54, 1.807) is 4.52 Å². The normalized spacial score (nSPS) is 19.1. The van der Waals surface area contributed by atoms with Gasteiger partial charge >= 0.3 is 6.09 Å². The molecule has 2 fully saturated rings. The first-order chi connectivity index (χ1) is 17.5. The molecule has 0 radical (unpaired) electrons. The molecule has 0 aromatic carbocycles. The Morgan fingerprint density at radius 2 is 1.89 bits per heavy atom. The highest BCUT2D eigenvalue weighted by Crippen LogP contribution is 2.51. The zero-order valence-electron chi connectivity index (χ0n) is 22.0. The summed E-state index contributed by atoms with van der Waals surface area (Å²) in [5, 5.41) is 5.26. The Kier molecular flexibility index (Phi) is 5.19. The molecule has 4 aromatic heterocycles. The second kappa shape index (κ2) is 8.13. The van der Waals surface area contributed by atoms with E-state index in [0.29, 0.717) is 29.6 Å². The number of carbonyl (C=O) groups is 1. The van der Waals surface area contributed by atoms with Gasteiger partial charge in [0.05, 0.1) is 28.5 Å². The van der Waals surface area contributed by atoms with Gasteiger partial charge in [-0.2, -0.15) is 5.10 Å². The molecule has 1 saturated heterocycles. The molecule has 1 spiro atoms. The van der Waals surface area contributed by atoms with E-state index in [4.69, 9.17) is 9.72 Å². The van der Waals surface area contributed by atoms with Gasteiger partial charge in [-0.25, -0.2) is 19.3 Å². The third-order valence-corrected chi connectivity index (χ3v) is 7.48. The Morgan fingerprint density at radius 1 is 1.11 bits per heavy atom. The molecule has 1 aliphatic heterocycles. The van der Waals surface area contributed by atoms with Crippen molar-refractivity contribution < 1.29 is 9.53 Å². The predicted molar refractivity (Wildman–Crippen MR) is 141 cm³/mol. The third-order valence-electron chi connectivity index (χ3n) is 7.48. The summed E-state index contributed by atoms with van der Waals surface area (Å²) in [6, 6.07) is 7.63. The largest absolute Gasteiger partial charge is 0.444 e. The molecular weight excluding hydrogens is 468 g/mol. The number of carbonyl (C=O) groups excluding carboxylic acids is 1. The SMILES string of the molecule is Cc1cn2nc(-c3ccc4c(=O)n([C@@H]5CCN(C(=O)OC(C)(C)C)C6(CC6)C5)ccc4n3)cc(C)c2n1. The van der Waals surface area contributed by atoms with Gasteiger partial charge in [-0.15, -0.1) is 0 Å². The zero-order chi connectivity index (χ0) is 26.1. The van der Waals surface area contributed by atoms with Crippen LogP contribution in [0.4, 0.5) is 4.79 Å². The fourth-order valence-corrected chi connectivity index (χ4v) is 5.56. The maximum atomic E-state index is 13.5. The fraction of sp³-hybridized carbons (Fsp3) is 0.464. The van der Waals surface area contributed by atoms with E-state index >= 15 is 0 Å². The summed E-state index contributed by atoms with van der Waals surface area (Å²) in [5.74, 6) is 0. The number of aromatic nitrogens is 5. The van der Waals surface area contributed by atoms with Crippen LogP contribution in [0.1, 0.15) is 63.8 Å². The number of nitrogens with zero attached hydrogens (tertiary/aromatic N) is 6. The smallest absolute Gasteiger partial charge is 0.410 e. The number of aryl methyl sites for hydroxylation is 2. The molecule has 1 saturated carbocycles. The second-order valence-electron chi connectivity index (χ2n) is 11.5. The number of fused-ring (bicyclic) bond motifs is 2. The molecule has 6 rings (SSSR count). The number of imidazole rings is 1. The minimum atomic E-state index is -0.525. The van der Waals surface area contributed by atoms with Crippen LogP contribution in [0, 0.1) is 13.8 Å². The van der Waals surface area contributed by atoms with E-state index < -0.39 is 5.60 Å². The van der Waals surface area contributed by atoms with Crippen molar-refractivity contribution in [3.63, 3.8) is 0 Å². The van der Waals surface area contributed by atoms with Crippen LogP contribution in [-0.2, 0) is 4.74 Å². The molecule has 1 atom stereocenters. The molecule has 9 heteroatoms. The molecule has 1 amide bonds. The van der Waals surface area contributed by atoms with E-state index in [1.165, 1.54) is 0 Å². The maximum absolute atomic E-state index is 13.5. The Labute approximate surface area is 215 Å². The molecule has 9 nitrogen and oxygen atoms in total. The second-order valence-corrected chi connectivity index (χ2v) is 11.5. The van der Waals surface area contributed by atoms with Gasteiger partial charge < -0.3 is 14.2 Å².